The van der Waals surface area contributed by atoms with E-state index < -0.39 is 11.6 Å². The predicted molar refractivity (Wildman–Crippen MR) is 102 cm³/mol. The predicted octanol–water partition coefficient (Wildman–Crippen LogP) is 3.32. The summed E-state index contributed by atoms with van der Waals surface area (Å²) in [6.07, 6.45) is 0. The summed E-state index contributed by atoms with van der Waals surface area (Å²) in [5.41, 5.74) is 2.54. The Balaban J connectivity index is 1.58. The van der Waals surface area contributed by atoms with Gasteiger partial charge in [-0.3, -0.25) is 9.69 Å². The van der Waals surface area contributed by atoms with Crippen molar-refractivity contribution in [3.63, 3.8) is 0 Å². The number of carbonyl (C=O) groups excluding carboxylic acids is 2. The third-order valence-electron chi connectivity index (χ3n) is 5.05. The SMILES string of the molecule is Cc1ccc([C@]2(C)NC(=O)N(Cc3nc(-c4ccccc4C)no3)C2=O)cc1. The second-order valence-electron chi connectivity index (χ2n) is 7.14. The molecule has 7 nitrogen and oxygen atoms in total. The van der Waals surface area contributed by atoms with Gasteiger partial charge < -0.3 is 9.84 Å². The van der Waals surface area contributed by atoms with Crippen molar-refractivity contribution in [2.45, 2.75) is 32.9 Å². The van der Waals surface area contributed by atoms with Crippen molar-refractivity contribution < 1.29 is 14.1 Å². The molecule has 28 heavy (non-hydrogen) atoms. The Kier molecular flexibility index (Phi) is 4.22. The molecular weight excluding hydrogens is 356 g/mol. The zero-order valence-corrected chi connectivity index (χ0v) is 15.9. The summed E-state index contributed by atoms with van der Waals surface area (Å²) in [5.74, 6) is 0.286. The van der Waals surface area contributed by atoms with Crippen LogP contribution in [0.5, 0.6) is 0 Å². The Labute approximate surface area is 162 Å². The van der Waals surface area contributed by atoms with Gasteiger partial charge in [-0.1, -0.05) is 59.3 Å². The number of nitrogens with one attached hydrogen (secondary N) is 1. The summed E-state index contributed by atoms with van der Waals surface area (Å²) in [5, 5.41) is 6.77. The number of hydrogen-bond donors (Lipinski definition) is 1. The van der Waals surface area contributed by atoms with Crippen LogP contribution in [-0.4, -0.2) is 27.0 Å². The maximum Gasteiger partial charge on any atom is 0.325 e. The summed E-state index contributed by atoms with van der Waals surface area (Å²) in [6, 6.07) is 14.7. The van der Waals surface area contributed by atoms with Crippen LogP contribution in [0.2, 0.25) is 0 Å². The highest BCUT2D eigenvalue weighted by Gasteiger charge is 2.49. The van der Waals surface area contributed by atoms with Crippen LogP contribution >= 0.6 is 0 Å². The monoisotopic (exact) mass is 376 g/mol. The Bertz CT molecular complexity index is 1060. The van der Waals surface area contributed by atoms with Crippen molar-refractivity contribution in [2.75, 3.05) is 0 Å². The van der Waals surface area contributed by atoms with E-state index in [1.54, 1.807) is 6.92 Å². The van der Waals surface area contributed by atoms with E-state index in [0.29, 0.717) is 5.82 Å². The number of benzene rings is 2. The highest BCUT2D eigenvalue weighted by Crippen LogP contribution is 2.30. The van der Waals surface area contributed by atoms with Gasteiger partial charge in [0.25, 0.3) is 5.91 Å². The largest absolute Gasteiger partial charge is 0.337 e. The van der Waals surface area contributed by atoms with Crippen molar-refractivity contribution in [1.82, 2.24) is 20.4 Å². The lowest BCUT2D eigenvalue weighted by atomic mass is 9.91. The lowest BCUT2D eigenvalue weighted by molar-refractivity contribution is -0.131. The summed E-state index contributed by atoms with van der Waals surface area (Å²) < 4.78 is 5.29. The second kappa shape index (κ2) is 6.60. The zero-order valence-electron chi connectivity index (χ0n) is 15.9. The van der Waals surface area contributed by atoms with Gasteiger partial charge in [0.2, 0.25) is 11.7 Å². The van der Waals surface area contributed by atoms with Crippen molar-refractivity contribution in [3.8, 4) is 11.4 Å². The summed E-state index contributed by atoms with van der Waals surface area (Å²) in [7, 11) is 0. The van der Waals surface area contributed by atoms with Gasteiger partial charge in [0, 0.05) is 5.56 Å². The van der Waals surface area contributed by atoms with E-state index in [0.717, 1.165) is 27.2 Å². The Hall–Kier alpha value is -3.48. The van der Waals surface area contributed by atoms with Crippen LogP contribution < -0.4 is 5.32 Å². The van der Waals surface area contributed by atoms with Crippen LogP contribution in [0.1, 0.15) is 29.5 Å². The van der Waals surface area contributed by atoms with E-state index in [4.69, 9.17) is 4.52 Å². The number of carbonyl (C=O) groups is 2. The van der Waals surface area contributed by atoms with Crippen LogP contribution in [0.15, 0.2) is 53.1 Å². The minimum Gasteiger partial charge on any atom is -0.337 e. The third-order valence-corrected chi connectivity index (χ3v) is 5.05. The topological polar surface area (TPSA) is 88.3 Å². The average Bonchev–Trinajstić information content (AvgIpc) is 3.22. The summed E-state index contributed by atoms with van der Waals surface area (Å²) >= 11 is 0. The van der Waals surface area contributed by atoms with Crippen LogP contribution in [0.25, 0.3) is 11.4 Å². The number of hydrogen-bond acceptors (Lipinski definition) is 5. The standard InChI is InChI=1S/C21H20N4O3/c1-13-8-10-15(11-9-13)21(3)19(26)25(20(27)23-21)12-17-22-18(24-28-17)16-7-5-4-6-14(16)2/h4-11H,12H2,1-3H3,(H,23,27)/t21-/m0/s1. The highest BCUT2D eigenvalue weighted by atomic mass is 16.5. The van der Waals surface area contributed by atoms with Crippen molar-refractivity contribution in [2.24, 2.45) is 0 Å². The smallest absolute Gasteiger partial charge is 0.325 e. The van der Waals surface area contributed by atoms with Crippen LogP contribution in [0.4, 0.5) is 4.79 Å². The van der Waals surface area contributed by atoms with Gasteiger partial charge in [-0.2, -0.15) is 4.98 Å². The van der Waals surface area contributed by atoms with Gasteiger partial charge in [0.05, 0.1) is 0 Å². The molecule has 0 spiro atoms. The van der Waals surface area contributed by atoms with E-state index in [-0.39, 0.29) is 18.3 Å². The molecule has 1 atom stereocenters. The average molecular weight is 376 g/mol. The molecule has 1 aromatic heterocycles. The summed E-state index contributed by atoms with van der Waals surface area (Å²) in [6.45, 7) is 5.54. The van der Waals surface area contributed by atoms with Crippen molar-refractivity contribution >= 4 is 11.9 Å². The fraction of sp³-hybridized carbons (Fsp3) is 0.238. The number of aromatic nitrogens is 2. The first-order chi connectivity index (χ1) is 13.4. The van der Waals surface area contributed by atoms with E-state index in [9.17, 15) is 9.59 Å². The fourth-order valence-corrected chi connectivity index (χ4v) is 3.31. The molecule has 3 amide bonds. The molecule has 2 aromatic carbocycles. The van der Waals surface area contributed by atoms with Crippen LogP contribution in [-0.2, 0) is 16.9 Å². The molecule has 1 saturated heterocycles. The first-order valence-corrected chi connectivity index (χ1v) is 8.98. The molecule has 2 heterocycles. The lowest BCUT2D eigenvalue weighted by Crippen LogP contribution is -2.40. The van der Waals surface area contributed by atoms with Crippen molar-refractivity contribution in [3.05, 3.63) is 71.1 Å². The Morgan fingerprint density at radius 2 is 1.79 bits per heavy atom. The molecule has 4 rings (SSSR count). The van der Waals surface area contributed by atoms with Gasteiger partial charge in [-0.25, -0.2) is 4.79 Å². The molecule has 1 fully saturated rings. The Morgan fingerprint density at radius 3 is 2.50 bits per heavy atom. The number of nitrogens with zero attached hydrogens (tertiary/aromatic N) is 3. The number of urea groups is 1. The summed E-state index contributed by atoms with van der Waals surface area (Å²) in [4.78, 5) is 31.0. The van der Waals surface area contributed by atoms with Crippen molar-refractivity contribution in [1.29, 1.82) is 0 Å². The Morgan fingerprint density at radius 1 is 1.07 bits per heavy atom. The molecule has 142 valence electrons. The van der Waals surface area contributed by atoms with Gasteiger partial charge in [0.1, 0.15) is 12.1 Å². The molecule has 0 saturated carbocycles. The molecule has 0 bridgehead atoms. The van der Waals surface area contributed by atoms with Gasteiger partial charge in [-0.15, -0.1) is 0 Å². The molecule has 0 unspecified atom stereocenters. The third kappa shape index (κ3) is 2.94. The fourth-order valence-electron chi connectivity index (χ4n) is 3.31. The van der Waals surface area contributed by atoms with E-state index in [1.807, 2.05) is 62.4 Å². The normalized spacial score (nSPS) is 19.2. The molecule has 3 aromatic rings. The number of amides is 3. The van der Waals surface area contributed by atoms with Gasteiger partial charge in [-0.05, 0) is 31.9 Å². The van der Waals surface area contributed by atoms with Gasteiger partial charge >= 0.3 is 6.03 Å². The van der Waals surface area contributed by atoms with E-state index in [1.165, 1.54) is 0 Å². The molecule has 0 radical (unpaired) electrons. The molecular formula is C21H20N4O3. The maximum atomic E-state index is 13.0. The number of rotatable bonds is 4. The molecule has 1 N–H and O–H groups in total. The molecule has 0 aliphatic carbocycles. The first-order valence-electron chi connectivity index (χ1n) is 8.98. The minimum absolute atomic E-state index is 0.0784. The minimum atomic E-state index is -1.12. The second-order valence-corrected chi connectivity index (χ2v) is 7.14. The quantitative estimate of drug-likeness (QED) is 0.706. The number of aryl methyl sites for hydroxylation is 2. The number of imide groups is 1. The van der Waals surface area contributed by atoms with E-state index >= 15 is 0 Å². The maximum absolute atomic E-state index is 13.0. The molecule has 7 heteroatoms. The van der Waals surface area contributed by atoms with Gasteiger partial charge in [0.15, 0.2) is 0 Å². The molecule has 1 aliphatic heterocycles. The first kappa shape index (κ1) is 17.9. The zero-order chi connectivity index (χ0) is 19.9. The lowest BCUT2D eigenvalue weighted by Gasteiger charge is -2.22. The van der Waals surface area contributed by atoms with Crippen LogP contribution in [0.3, 0.4) is 0 Å². The van der Waals surface area contributed by atoms with E-state index in [2.05, 4.69) is 15.5 Å². The van der Waals surface area contributed by atoms with Crippen LogP contribution in [0, 0.1) is 13.8 Å². The highest BCUT2D eigenvalue weighted by molar-refractivity contribution is 6.07. The molecule has 1 aliphatic rings.